The normalized spacial score (nSPS) is 12.7. The summed E-state index contributed by atoms with van der Waals surface area (Å²) in [6.07, 6.45) is 1.95. The lowest BCUT2D eigenvalue weighted by Crippen LogP contribution is -2.41. The Hall–Kier alpha value is -3.62. The van der Waals surface area contributed by atoms with E-state index in [1.165, 1.54) is 18.2 Å². The number of hydrogen-bond donors (Lipinski definition) is 3. The molecule has 0 aromatic heterocycles. The smallest absolute Gasteiger partial charge is 0.293 e. The van der Waals surface area contributed by atoms with Crippen LogP contribution >= 0.6 is 0 Å². The van der Waals surface area contributed by atoms with Crippen LogP contribution in [0.15, 0.2) is 42.5 Å². The Balaban J connectivity index is 1.62. The number of nitrogens with zero attached hydrogens (tertiary/aromatic N) is 2. The quantitative estimate of drug-likeness (QED) is 0.454. The number of hydrogen-bond acceptors (Lipinski definition) is 6. The molecule has 0 heterocycles. The van der Waals surface area contributed by atoms with E-state index in [-0.39, 0.29) is 17.3 Å². The number of nitrogens with one attached hydrogen (secondary N) is 3. The number of anilines is 2. The van der Waals surface area contributed by atoms with E-state index in [1.54, 1.807) is 12.1 Å². The highest BCUT2D eigenvalue weighted by Crippen LogP contribution is 2.31. The summed E-state index contributed by atoms with van der Waals surface area (Å²) >= 11 is 0. The van der Waals surface area contributed by atoms with Gasteiger partial charge in [-0.25, -0.2) is 0 Å². The van der Waals surface area contributed by atoms with Crippen LogP contribution in [-0.2, 0) is 0 Å². The van der Waals surface area contributed by atoms with E-state index in [2.05, 4.69) is 34.9 Å². The second-order valence-corrected chi connectivity index (χ2v) is 7.04. The van der Waals surface area contributed by atoms with Gasteiger partial charge in [-0.2, -0.15) is 0 Å². The van der Waals surface area contributed by atoms with Crippen molar-refractivity contribution in [2.24, 2.45) is 0 Å². The average molecular weight is 411 g/mol. The van der Waals surface area contributed by atoms with Crippen LogP contribution in [-0.4, -0.2) is 35.9 Å². The van der Waals surface area contributed by atoms with Crippen molar-refractivity contribution in [2.75, 3.05) is 23.3 Å². The van der Waals surface area contributed by atoms with Crippen molar-refractivity contribution in [2.45, 2.75) is 32.7 Å². The van der Waals surface area contributed by atoms with Crippen LogP contribution in [0.25, 0.3) is 0 Å². The molecule has 3 rings (SSSR count). The van der Waals surface area contributed by atoms with Gasteiger partial charge in [0.25, 0.3) is 17.5 Å². The first-order chi connectivity index (χ1) is 14.4. The molecule has 158 valence electrons. The van der Waals surface area contributed by atoms with Crippen LogP contribution in [0.2, 0.25) is 0 Å². The summed E-state index contributed by atoms with van der Waals surface area (Å²) in [6, 6.07) is 11.5. The van der Waals surface area contributed by atoms with Gasteiger partial charge >= 0.3 is 0 Å². The molecular formula is C21H25N5O4. The van der Waals surface area contributed by atoms with Gasteiger partial charge in [-0.05, 0) is 63.1 Å². The average Bonchev–Trinajstić information content (AvgIpc) is 3.57. The number of rotatable bonds is 8. The minimum absolute atomic E-state index is 0.0835. The van der Waals surface area contributed by atoms with E-state index in [0.29, 0.717) is 11.3 Å². The molecule has 2 aromatic carbocycles. The predicted molar refractivity (Wildman–Crippen MR) is 115 cm³/mol. The Morgan fingerprint density at radius 2 is 1.57 bits per heavy atom. The molecule has 0 spiro atoms. The second-order valence-electron chi connectivity index (χ2n) is 7.04. The van der Waals surface area contributed by atoms with E-state index in [4.69, 9.17) is 0 Å². The summed E-state index contributed by atoms with van der Waals surface area (Å²) in [5, 5.41) is 14.4. The third kappa shape index (κ3) is 5.05. The van der Waals surface area contributed by atoms with Crippen molar-refractivity contribution in [1.82, 2.24) is 10.9 Å². The minimum Gasteiger partial charge on any atom is -0.377 e. The fraction of sp³-hybridized carbons (Fsp3) is 0.333. The first kappa shape index (κ1) is 21.1. The van der Waals surface area contributed by atoms with Gasteiger partial charge in [0.1, 0.15) is 5.69 Å². The van der Waals surface area contributed by atoms with Crippen molar-refractivity contribution in [3.8, 4) is 0 Å². The highest BCUT2D eigenvalue weighted by Gasteiger charge is 2.25. The van der Waals surface area contributed by atoms with Crippen LogP contribution in [0.1, 0.15) is 47.4 Å². The van der Waals surface area contributed by atoms with Gasteiger partial charge in [-0.15, -0.1) is 0 Å². The first-order valence-corrected chi connectivity index (χ1v) is 9.93. The molecule has 1 aliphatic rings. The number of nitro groups is 1. The molecule has 0 saturated heterocycles. The van der Waals surface area contributed by atoms with Crippen LogP contribution in [0, 0.1) is 10.1 Å². The lowest BCUT2D eigenvalue weighted by atomic mass is 10.1. The van der Waals surface area contributed by atoms with E-state index >= 15 is 0 Å². The molecule has 1 saturated carbocycles. The van der Waals surface area contributed by atoms with Gasteiger partial charge < -0.3 is 10.2 Å². The number of benzene rings is 2. The van der Waals surface area contributed by atoms with Crippen molar-refractivity contribution >= 4 is 28.9 Å². The molecule has 0 atom stereocenters. The summed E-state index contributed by atoms with van der Waals surface area (Å²) < 4.78 is 0. The van der Waals surface area contributed by atoms with E-state index < -0.39 is 16.7 Å². The molecule has 3 N–H and O–H groups in total. The fourth-order valence-corrected chi connectivity index (χ4v) is 3.06. The number of carbonyl (C=O) groups is 2. The molecule has 2 amide bonds. The topological polar surface area (TPSA) is 117 Å². The van der Waals surface area contributed by atoms with Gasteiger partial charge in [-0.1, -0.05) is 0 Å². The maximum Gasteiger partial charge on any atom is 0.293 e. The molecule has 0 bridgehead atoms. The lowest BCUT2D eigenvalue weighted by Gasteiger charge is -2.21. The monoisotopic (exact) mass is 411 g/mol. The van der Waals surface area contributed by atoms with Crippen molar-refractivity contribution in [1.29, 1.82) is 0 Å². The summed E-state index contributed by atoms with van der Waals surface area (Å²) in [5.74, 6) is -1.11. The Morgan fingerprint density at radius 3 is 2.10 bits per heavy atom. The first-order valence-electron chi connectivity index (χ1n) is 9.93. The molecule has 0 radical (unpaired) electrons. The minimum atomic E-state index is -0.635. The number of hydrazine groups is 1. The SMILES string of the molecule is CCN(CC)c1ccc(C(=O)NNC(=O)c2ccc(NC3CC3)c([N+](=O)[O-])c2)cc1. The van der Waals surface area contributed by atoms with Crippen LogP contribution in [0.4, 0.5) is 17.1 Å². The number of amides is 2. The Bertz CT molecular complexity index is 937. The van der Waals surface area contributed by atoms with Gasteiger partial charge in [0, 0.05) is 42.0 Å². The zero-order valence-electron chi connectivity index (χ0n) is 17.0. The Kier molecular flexibility index (Phi) is 6.51. The van der Waals surface area contributed by atoms with Crippen molar-refractivity contribution in [3.63, 3.8) is 0 Å². The number of carbonyl (C=O) groups excluding carboxylic acids is 2. The Morgan fingerprint density at radius 1 is 1.00 bits per heavy atom. The van der Waals surface area contributed by atoms with Crippen LogP contribution in [0.5, 0.6) is 0 Å². The summed E-state index contributed by atoms with van der Waals surface area (Å²) in [5.41, 5.74) is 6.34. The second kappa shape index (κ2) is 9.25. The zero-order chi connectivity index (χ0) is 21.7. The zero-order valence-corrected chi connectivity index (χ0v) is 17.0. The molecule has 1 fully saturated rings. The van der Waals surface area contributed by atoms with E-state index in [1.807, 2.05) is 12.1 Å². The van der Waals surface area contributed by atoms with Crippen molar-refractivity contribution in [3.05, 3.63) is 63.7 Å². The van der Waals surface area contributed by atoms with Gasteiger partial charge in [-0.3, -0.25) is 30.6 Å². The summed E-state index contributed by atoms with van der Waals surface area (Å²) in [4.78, 5) is 37.6. The standard InChI is InChI=1S/C21H25N5O4/c1-3-25(4-2)17-10-5-14(6-11-17)20(27)23-24-21(28)15-7-12-18(22-16-8-9-16)19(13-15)26(29)30/h5-7,10-13,16,22H,3-4,8-9H2,1-2H3,(H,23,27)(H,24,28). The van der Waals surface area contributed by atoms with Gasteiger partial charge in [0.05, 0.1) is 4.92 Å². The van der Waals surface area contributed by atoms with Gasteiger partial charge in [0.2, 0.25) is 0 Å². The van der Waals surface area contributed by atoms with Crippen molar-refractivity contribution < 1.29 is 14.5 Å². The fourth-order valence-electron chi connectivity index (χ4n) is 3.06. The van der Waals surface area contributed by atoms with E-state index in [0.717, 1.165) is 31.6 Å². The third-order valence-corrected chi connectivity index (χ3v) is 4.94. The van der Waals surface area contributed by atoms with Crippen LogP contribution in [0.3, 0.4) is 0 Å². The lowest BCUT2D eigenvalue weighted by molar-refractivity contribution is -0.384. The maximum absolute atomic E-state index is 12.3. The highest BCUT2D eigenvalue weighted by atomic mass is 16.6. The molecule has 0 aliphatic heterocycles. The summed E-state index contributed by atoms with van der Waals surface area (Å²) in [6.45, 7) is 5.83. The number of nitro benzene ring substituents is 1. The molecule has 2 aromatic rings. The molecule has 1 aliphatic carbocycles. The Labute approximate surface area is 174 Å². The molecule has 0 unspecified atom stereocenters. The van der Waals surface area contributed by atoms with Crippen LogP contribution < -0.4 is 21.1 Å². The maximum atomic E-state index is 12.3. The van der Waals surface area contributed by atoms with E-state index in [9.17, 15) is 19.7 Å². The largest absolute Gasteiger partial charge is 0.377 e. The predicted octanol–water partition coefficient (Wildman–Crippen LogP) is 3.09. The molecule has 30 heavy (non-hydrogen) atoms. The highest BCUT2D eigenvalue weighted by molar-refractivity contribution is 5.99. The van der Waals surface area contributed by atoms with Gasteiger partial charge in [0.15, 0.2) is 0 Å². The molecule has 9 nitrogen and oxygen atoms in total. The molecule has 9 heteroatoms. The summed E-state index contributed by atoms with van der Waals surface area (Å²) in [7, 11) is 0. The third-order valence-electron chi connectivity index (χ3n) is 4.94. The molecular weight excluding hydrogens is 386 g/mol.